The van der Waals surface area contributed by atoms with Crippen LogP contribution in [0.2, 0.25) is 5.02 Å². The summed E-state index contributed by atoms with van der Waals surface area (Å²) in [6.45, 7) is 1.84. The molecule has 0 saturated heterocycles. The maximum Gasteiger partial charge on any atom is 0.311 e. The fourth-order valence-electron chi connectivity index (χ4n) is 2.52. The molecule has 1 aliphatic rings. The number of ether oxygens (including phenoxy) is 3. The molecule has 2 aromatic rings. The molecule has 6 nitrogen and oxygen atoms in total. The van der Waals surface area contributed by atoms with Gasteiger partial charge < -0.3 is 19.5 Å². The molecule has 3 rings (SSSR count). The number of hydrogen-bond donors (Lipinski definition) is 1. The van der Waals surface area contributed by atoms with Crippen molar-refractivity contribution in [1.29, 1.82) is 0 Å². The van der Waals surface area contributed by atoms with Crippen LogP contribution in [0.15, 0.2) is 36.4 Å². The molecule has 0 saturated carbocycles. The summed E-state index contributed by atoms with van der Waals surface area (Å²) in [7, 11) is 0. The first kappa shape index (κ1) is 19.0. The molecule has 1 heterocycles. The highest BCUT2D eigenvalue weighted by Gasteiger charge is 2.20. The number of benzene rings is 2. The lowest BCUT2D eigenvalue weighted by atomic mass is 10.1. The number of carbonyl (C=O) groups is 2. The third kappa shape index (κ3) is 4.68. The molecule has 2 aromatic carbocycles. The van der Waals surface area contributed by atoms with Crippen LogP contribution in [-0.4, -0.2) is 24.8 Å². The number of rotatable bonds is 6. The van der Waals surface area contributed by atoms with E-state index in [1.165, 1.54) is 25.1 Å². The largest absolute Gasteiger partial charge is 0.454 e. The second-order valence-electron chi connectivity index (χ2n) is 5.91. The van der Waals surface area contributed by atoms with Crippen molar-refractivity contribution in [2.75, 3.05) is 6.79 Å². The fourth-order valence-corrected chi connectivity index (χ4v) is 2.75. The van der Waals surface area contributed by atoms with Crippen molar-refractivity contribution in [3.05, 3.63) is 58.4 Å². The maximum atomic E-state index is 13.7. The highest BCUT2D eigenvalue weighted by Crippen LogP contribution is 2.32. The van der Waals surface area contributed by atoms with Gasteiger partial charge in [-0.3, -0.25) is 9.59 Å². The molecule has 1 amide bonds. The Labute approximate surface area is 160 Å². The van der Waals surface area contributed by atoms with Gasteiger partial charge in [-0.25, -0.2) is 4.39 Å². The van der Waals surface area contributed by atoms with Crippen molar-refractivity contribution < 1.29 is 28.2 Å². The van der Waals surface area contributed by atoms with Crippen LogP contribution in [0.25, 0.3) is 0 Å². The van der Waals surface area contributed by atoms with Crippen LogP contribution in [0.3, 0.4) is 0 Å². The minimum atomic E-state index is -1.03. The summed E-state index contributed by atoms with van der Waals surface area (Å²) in [6.07, 6.45) is -1.39. The Hall–Kier alpha value is -2.80. The first-order valence-corrected chi connectivity index (χ1v) is 8.60. The molecule has 0 aromatic heterocycles. The number of carbonyl (C=O) groups excluding carboxylic acids is 2. The molecule has 142 valence electrons. The standard InChI is InChI=1S/C19H17ClFNO5/c1-11(27-18(23)8-13-14(20)3-2-4-15(13)21)19(24)22-9-12-5-6-16-17(7-12)26-10-25-16/h2-7,11H,8-10H2,1H3,(H,22,24)/t11-/m0/s1. The van der Waals surface area contributed by atoms with Crippen molar-refractivity contribution in [3.8, 4) is 11.5 Å². The average molecular weight is 394 g/mol. The molecule has 0 unspecified atom stereocenters. The SMILES string of the molecule is C[C@H](OC(=O)Cc1c(F)cccc1Cl)C(=O)NCc1ccc2c(c1)OCO2. The monoisotopic (exact) mass is 393 g/mol. The van der Waals surface area contributed by atoms with Crippen LogP contribution in [0.4, 0.5) is 4.39 Å². The Kier molecular flexibility index (Phi) is 5.81. The van der Waals surface area contributed by atoms with Gasteiger partial charge in [0.05, 0.1) is 6.42 Å². The summed E-state index contributed by atoms with van der Waals surface area (Å²) in [6, 6.07) is 9.44. The van der Waals surface area contributed by atoms with Gasteiger partial charge in [0.2, 0.25) is 6.79 Å². The van der Waals surface area contributed by atoms with Gasteiger partial charge >= 0.3 is 5.97 Å². The van der Waals surface area contributed by atoms with Gasteiger partial charge in [-0.2, -0.15) is 0 Å². The first-order valence-electron chi connectivity index (χ1n) is 8.22. The zero-order valence-corrected chi connectivity index (χ0v) is 15.2. The lowest BCUT2D eigenvalue weighted by Gasteiger charge is -2.14. The van der Waals surface area contributed by atoms with Crippen LogP contribution >= 0.6 is 11.6 Å². The van der Waals surface area contributed by atoms with Gasteiger partial charge in [-0.15, -0.1) is 0 Å². The topological polar surface area (TPSA) is 73.9 Å². The van der Waals surface area contributed by atoms with Gasteiger partial charge in [-0.05, 0) is 36.8 Å². The molecule has 0 bridgehead atoms. The normalized spacial score (nSPS) is 13.1. The molecule has 1 N–H and O–H groups in total. The summed E-state index contributed by atoms with van der Waals surface area (Å²) in [5, 5.41) is 2.80. The Bertz CT molecular complexity index is 853. The number of halogens is 2. The van der Waals surface area contributed by atoms with Crippen LogP contribution in [0, 0.1) is 5.82 Å². The minimum Gasteiger partial charge on any atom is -0.454 e. The van der Waals surface area contributed by atoms with Gasteiger partial charge in [-0.1, -0.05) is 23.7 Å². The van der Waals surface area contributed by atoms with Crippen LogP contribution in [0.1, 0.15) is 18.1 Å². The number of esters is 1. The number of fused-ring (bicyclic) bond motifs is 1. The molecule has 0 fully saturated rings. The molecule has 0 aliphatic carbocycles. The highest BCUT2D eigenvalue weighted by molar-refractivity contribution is 6.31. The Balaban J connectivity index is 1.50. The highest BCUT2D eigenvalue weighted by atomic mass is 35.5. The van der Waals surface area contributed by atoms with E-state index in [0.29, 0.717) is 11.5 Å². The van der Waals surface area contributed by atoms with Gasteiger partial charge in [0, 0.05) is 17.1 Å². The lowest BCUT2D eigenvalue weighted by Crippen LogP contribution is -2.35. The molecule has 0 spiro atoms. The Morgan fingerprint density at radius 1 is 1.26 bits per heavy atom. The lowest BCUT2D eigenvalue weighted by molar-refractivity contribution is -0.154. The maximum absolute atomic E-state index is 13.7. The van der Waals surface area contributed by atoms with Crippen molar-refractivity contribution in [1.82, 2.24) is 5.32 Å². The summed E-state index contributed by atoms with van der Waals surface area (Å²) < 4.78 is 29.3. The predicted molar refractivity (Wildman–Crippen MR) is 95.1 cm³/mol. The van der Waals surface area contributed by atoms with E-state index in [1.807, 2.05) is 0 Å². The van der Waals surface area contributed by atoms with E-state index in [-0.39, 0.29) is 30.3 Å². The van der Waals surface area contributed by atoms with Crippen molar-refractivity contribution in [2.45, 2.75) is 26.0 Å². The number of amides is 1. The fraction of sp³-hybridized carbons (Fsp3) is 0.263. The van der Waals surface area contributed by atoms with Crippen LogP contribution in [0.5, 0.6) is 11.5 Å². The second-order valence-corrected chi connectivity index (χ2v) is 6.32. The summed E-state index contributed by atoms with van der Waals surface area (Å²) in [5.41, 5.74) is 0.849. The molecule has 1 aliphatic heterocycles. The van der Waals surface area contributed by atoms with E-state index >= 15 is 0 Å². The third-order valence-corrected chi connectivity index (χ3v) is 4.32. The van der Waals surface area contributed by atoms with Gasteiger partial charge in [0.1, 0.15) is 5.82 Å². The van der Waals surface area contributed by atoms with Crippen LogP contribution in [-0.2, 0) is 27.3 Å². The predicted octanol–water partition coefficient (Wildman–Crippen LogP) is 3.00. The first-order chi connectivity index (χ1) is 12.9. The van der Waals surface area contributed by atoms with E-state index in [4.69, 9.17) is 25.8 Å². The van der Waals surface area contributed by atoms with Crippen molar-refractivity contribution >= 4 is 23.5 Å². The molecule has 1 atom stereocenters. The smallest absolute Gasteiger partial charge is 0.311 e. The molecular weight excluding hydrogens is 377 g/mol. The van der Waals surface area contributed by atoms with Gasteiger partial charge in [0.25, 0.3) is 5.91 Å². The molecule has 27 heavy (non-hydrogen) atoms. The minimum absolute atomic E-state index is 0.0390. The summed E-state index contributed by atoms with van der Waals surface area (Å²) >= 11 is 5.88. The van der Waals surface area contributed by atoms with Crippen molar-refractivity contribution in [3.63, 3.8) is 0 Å². The molecular formula is C19H17ClFNO5. The Morgan fingerprint density at radius 3 is 2.81 bits per heavy atom. The van der Waals surface area contributed by atoms with E-state index in [0.717, 1.165) is 5.56 Å². The second kappa shape index (κ2) is 8.26. The van der Waals surface area contributed by atoms with Crippen LogP contribution < -0.4 is 14.8 Å². The van der Waals surface area contributed by atoms with E-state index in [9.17, 15) is 14.0 Å². The number of nitrogens with one attached hydrogen (secondary N) is 1. The van der Waals surface area contributed by atoms with Crippen molar-refractivity contribution in [2.24, 2.45) is 0 Å². The Morgan fingerprint density at radius 2 is 2.04 bits per heavy atom. The summed E-state index contributed by atoms with van der Waals surface area (Å²) in [5.74, 6) is -0.546. The van der Waals surface area contributed by atoms with E-state index < -0.39 is 23.8 Å². The number of hydrogen-bond acceptors (Lipinski definition) is 5. The van der Waals surface area contributed by atoms with Gasteiger partial charge in [0.15, 0.2) is 17.6 Å². The van der Waals surface area contributed by atoms with E-state index in [1.54, 1.807) is 18.2 Å². The zero-order valence-electron chi connectivity index (χ0n) is 14.5. The third-order valence-electron chi connectivity index (χ3n) is 3.96. The summed E-state index contributed by atoms with van der Waals surface area (Å²) in [4.78, 5) is 24.1. The molecule has 0 radical (unpaired) electrons. The molecule has 8 heteroatoms. The average Bonchev–Trinajstić information content (AvgIpc) is 3.10. The zero-order chi connectivity index (χ0) is 19.4. The van der Waals surface area contributed by atoms with E-state index in [2.05, 4.69) is 5.32 Å². The quantitative estimate of drug-likeness (QED) is 0.764.